The molecule has 0 amide bonds. The van der Waals surface area contributed by atoms with Crippen molar-refractivity contribution >= 4 is 10.8 Å². The van der Waals surface area contributed by atoms with Gasteiger partial charge in [-0.3, -0.25) is 0 Å². The number of benzene rings is 2. The summed E-state index contributed by atoms with van der Waals surface area (Å²) in [5.74, 6) is 0.395. The van der Waals surface area contributed by atoms with E-state index in [-0.39, 0.29) is 70.6 Å². The van der Waals surface area contributed by atoms with Crippen LogP contribution in [0.2, 0.25) is 0 Å². The molecular weight excluding hydrogens is 198 g/mol. The quantitative estimate of drug-likeness (QED) is 0.435. The van der Waals surface area contributed by atoms with E-state index in [1.165, 1.54) is 0 Å². The van der Waals surface area contributed by atoms with Gasteiger partial charge in [0.25, 0.3) is 0 Å². The Kier molecular flexibility index (Phi) is 6.14. The molecule has 0 aliphatic heterocycles. The fourth-order valence-electron chi connectivity index (χ4n) is 1.28. The van der Waals surface area contributed by atoms with Gasteiger partial charge in [0.05, 0.1) is 0 Å². The van der Waals surface area contributed by atoms with Crippen molar-refractivity contribution in [3.63, 3.8) is 0 Å². The van der Waals surface area contributed by atoms with E-state index in [0.717, 1.165) is 0 Å². The second kappa shape index (κ2) is 6.01. The van der Waals surface area contributed by atoms with E-state index in [2.05, 4.69) is 0 Å². The normalized spacial score (nSPS) is 8.86. The number of aromatic hydroxyl groups is 2. The Bertz CT molecular complexity index is 388. The monoisotopic (exact) mass is 206 g/mol. The molecule has 0 aliphatic rings. The first kappa shape index (κ1) is 14.3. The van der Waals surface area contributed by atoms with Crippen LogP contribution < -0.4 is 59.1 Å². The Hall–Kier alpha value is 0.300. The van der Waals surface area contributed by atoms with Crippen LogP contribution in [0.1, 0.15) is 0 Å². The van der Waals surface area contributed by atoms with Gasteiger partial charge in [0.1, 0.15) is 11.5 Å². The van der Waals surface area contributed by atoms with Crippen LogP contribution >= 0.6 is 0 Å². The molecule has 2 rings (SSSR count). The molecule has 0 spiro atoms. The summed E-state index contributed by atoms with van der Waals surface area (Å²) in [6.07, 6.45) is 0. The first-order chi connectivity index (χ1) is 5.79. The summed E-state index contributed by atoms with van der Waals surface area (Å²) in [5.41, 5.74) is 0. The van der Waals surface area contributed by atoms with Gasteiger partial charge in [0.15, 0.2) is 0 Å². The molecule has 0 unspecified atom stereocenters. The Labute approximate surface area is 127 Å². The summed E-state index contributed by atoms with van der Waals surface area (Å²) in [6.45, 7) is 0. The second-order valence-corrected chi connectivity index (χ2v) is 2.65. The third-order valence-electron chi connectivity index (χ3n) is 1.88. The first-order valence-corrected chi connectivity index (χ1v) is 3.69. The zero-order valence-electron chi connectivity index (χ0n) is 8.36. The van der Waals surface area contributed by atoms with Gasteiger partial charge in [-0.15, -0.1) is 0 Å². The molecule has 0 atom stereocenters. The smallest absolute Gasteiger partial charge is 0.507 e. The van der Waals surface area contributed by atoms with Gasteiger partial charge >= 0.3 is 59.1 Å². The molecule has 0 saturated carbocycles. The van der Waals surface area contributed by atoms with Crippen molar-refractivity contribution in [3.05, 3.63) is 36.4 Å². The van der Waals surface area contributed by atoms with Crippen molar-refractivity contribution in [2.75, 3.05) is 0 Å². The van der Waals surface area contributed by atoms with Crippen molar-refractivity contribution in [1.82, 2.24) is 0 Å². The largest absolute Gasteiger partial charge is 1.00 e. The molecule has 0 bridgehead atoms. The predicted octanol–water partition coefficient (Wildman–Crippen LogP) is -3.74. The fourth-order valence-corrected chi connectivity index (χ4v) is 1.28. The number of fused-ring (bicyclic) bond motifs is 1. The molecule has 0 heterocycles. The van der Waals surface area contributed by atoms with Gasteiger partial charge in [0, 0.05) is 10.8 Å². The van der Waals surface area contributed by atoms with Crippen molar-refractivity contribution in [3.8, 4) is 11.5 Å². The third-order valence-corrected chi connectivity index (χ3v) is 1.88. The summed E-state index contributed by atoms with van der Waals surface area (Å²) >= 11 is 0. The van der Waals surface area contributed by atoms with Gasteiger partial charge in [0.2, 0.25) is 0 Å². The van der Waals surface area contributed by atoms with Crippen LogP contribution in [0.5, 0.6) is 11.5 Å². The molecule has 2 N–H and O–H groups in total. The second-order valence-electron chi connectivity index (χ2n) is 2.65. The molecule has 14 heavy (non-hydrogen) atoms. The average molecular weight is 206 g/mol. The third kappa shape index (κ3) is 2.66. The van der Waals surface area contributed by atoms with Crippen molar-refractivity contribution in [2.24, 2.45) is 0 Å². The standard InChI is InChI=1S/C10H8O2.2Na/c11-9-5-1-3-7-8(9)4-2-6-10(7)12;;/h1-6,11-12H;;/q;2*+1. The van der Waals surface area contributed by atoms with E-state index >= 15 is 0 Å². The minimum atomic E-state index is 0. The topological polar surface area (TPSA) is 40.5 Å². The van der Waals surface area contributed by atoms with Gasteiger partial charge in [-0.25, -0.2) is 0 Å². The molecule has 0 aromatic heterocycles. The zero-order valence-corrected chi connectivity index (χ0v) is 12.4. The summed E-state index contributed by atoms with van der Waals surface area (Å²) in [7, 11) is 0. The van der Waals surface area contributed by atoms with Crippen molar-refractivity contribution in [1.29, 1.82) is 0 Å². The molecule has 0 radical (unpaired) electrons. The van der Waals surface area contributed by atoms with E-state index in [1.807, 2.05) is 0 Å². The van der Waals surface area contributed by atoms with Crippen LogP contribution in [0, 0.1) is 0 Å². The van der Waals surface area contributed by atoms with E-state index < -0.39 is 0 Å². The van der Waals surface area contributed by atoms with Crippen LogP contribution in [0.15, 0.2) is 36.4 Å². The Balaban J connectivity index is 0.000000845. The average Bonchev–Trinajstić information content (AvgIpc) is 2.07. The maximum Gasteiger partial charge on any atom is 1.00 e. The first-order valence-electron chi connectivity index (χ1n) is 3.69. The zero-order chi connectivity index (χ0) is 8.55. The minimum Gasteiger partial charge on any atom is -0.507 e. The van der Waals surface area contributed by atoms with Gasteiger partial charge in [-0.1, -0.05) is 24.3 Å². The van der Waals surface area contributed by atoms with E-state index in [1.54, 1.807) is 36.4 Å². The maximum absolute atomic E-state index is 9.38. The fraction of sp³-hybridized carbons (Fsp3) is 0. The van der Waals surface area contributed by atoms with Crippen molar-refractivity contribution < 1.29 is 69.3 Å². The SMILES string of the molecule is Oc1cccc2c(O)cccc12.[Na+].[Na+]. The van der Waals surface area contributed by atoms with Crippen LogP contribution in [0.3, 0.4) is 0 Å². The number of hydrogen-bond donors (Lipinski definition) is 2. The molecule has 0 fully saturated rings. The van der Waals surface area contributed by atoms with Gasteiger partial charge < -0.3 is 10.2 Å². The molecule has 0 saturated heterocycles. The molecule has 2 aromatic rings. The number of phenols is 2. The number of rotatable bonds is 0. The Morgan fingerprint density at radius 2 is 1.00 bits per heavy atom. The Morgan fingerprint density at radius 1 is 0.643 bits per heavy atom. The van der Waals surface area contributed by atoms with E-state index in [9.17, 15) is 10.2 Å². The van der Waals surface area contributed by atoms with Gasteiger partial charge in [-0.2, -0.15) is 0 Å². The van der Waals surface area contributed by atoms with Gasteiger partial charge in [-0.05, 0) is 12.1 Å². The number of hydrogen-bond acceptors (Lipinski definition) is 2. The molecule has 4 heteroatoms. The summed E-state index contributed by atoms with van der Waals surface area (Å²) in [6, 6.07) is 10.1. The van der Waals surface area contributed by atoms with E-state index in [0.29, 0.717) is 10.8 Å². The molecular formula is C10H8Na2O2+2. The molecule has 2 nitrogen and oxygen atoms in total. The van der Waals surface area contributed by atoms with Crippen molar-refractivity contribution in [2.45, 2.75) is 0 Å². The molecule has 2 aromatic carbocycles. The predicted molar refractivity (Wildman–Crippen MR) is 47.3 cm³/mol. The molecule has 0 aliphatic carbocycles. The van der Waals surface area contributed by atoms with Crippen LogP contribution in [-0.2, 0) is 0 Å². The van der Waals surface area contributed by atoms with Crippen LogP contribution in [0.4, 0.5) is 0 Å². The van der Waals surface area contributed by atoms with Crippen LogP contribution in [0.25, 0.3) is 10.8 Å². The van der Waals surface area contributed by atoms with E-state index in [4.69, 9.17) is 0 Å². The summed E-state index contributed by atoms with van der Waals surface area (Å²) in [5, 5.41) is 20.1. The summed E-state index contributed by atoms with van der Waals surface area (Å²) in [4.78, 5) is 0. The minimum absolute atomic E-state index is 0. The Morgan fingerprint density at radius 3 is 1.36 bits per heavy atom. The molecule has 60 valence electrons. The maximum atomic E-state index is 9.38. The summed E-state index contributed by atoms with van der Waals surface area (Å²) < 4.78 is 0. The van der Waals surface area contributed by atoms with Crippen LogP contribution in [-0.4, -0.2) is 10.2 Å². The number of phenolic OH excluding ortho intramolecular Hbond substituents is 2.